The molecule has 2 aliphatic carbocycles. The van der Waals surface area contributed by atoms with Crippen LogP contribution >= 0.6 is 0 Å². The first-order valence-corrected chi connectivity index (χ1v) is 9.73. The first kappa shape index (κ1) is 19.4. The number of carboxylic acids is 1. The maximum Gasteiger partial charge on any atom is 0.311 e. The van der Waals surface area contributed by atoms with E-state index in [9.17, 15) is 9.90 Å². The van der Waals surface area contributed by atoms with E-state index in [4.69, 9.17) is 0 Å². The number of allylic oxidation sites excluding steroid dienone is 7. The minimum Gasteiger partial charge on any atom is -0.481 e. The van der Waals surface area contributed by atoms with E-state index in [1.54, 1.807) is 0 Å². The van der Waals surface area contributed by atoms with Crippen LogP contribution in [-0.2, 0) is 4.79 Å². The molecule has 0 heterocycles. The molecule has 0 amide bonds. The summed E-state index contributed by atoms with van der Waals surface area (Å²) in [5.74, 6) is -0.0195. The number of rotatable bonds is 4. The molecule has 2 aliphatic rings. The van der Waals surface area contributed by atoms with E-state index in [-0.39, 0.29) is 11.8 Å². The highest BCUT2D eigenvalue weighted by atomic mass is 16.4. The van der Waals surface area contributed by atoms with Crippen LogP contribution in [-0.4, -0.2) is 11.1 Å². The Morgan fingerprint density at radius 3 is 2.37 bits per heavy atom. The van der Waals surface area contributed by atoms with E-state index in [1.165, 1.54) is 11.1 Å². The zero-order chi connectivity index (χ0) is 19.8. The third-order valence-corrected chi connectivity index (χ3v) is 6.82. The van der Waals surface area contributed by atoms with Crippen LogP contribution in [0.1, 0.15) is 40.2 Å². The second-order valence-electron chi connectivity index (χ2n) is 8.58. The van der Waals surface area contributed by atoms with Gasteiger partial charge >= 0.3 is 5.97 Å². The van der Waals surface area contributed by atoms with Gasteiger partial charge in [-0.2, -0.15) is 0 Å². The van der Waals surface area contributed by atoms with Crippen molar-refractivity contribution in [2.24, 2.45) is 28.6 Å². The molecule has 0 unspecified atom stereocenters. The summed E-state index contributed by atoms with van der Waals surface area (Å²) >= 11 is 0. The summed E-state index contributed by atoms with van der Waals surface area (Å²) in [5.41, 5.74) is 2.22. The predicted octanol–water partition coefficient (Wildman–Crippen LogP) is 6.14. The molecule has 1 aromatic rings. The minimum atomic E-state index is -0.875. The number of carboxylic acid groups (broad SMARTS) is 1. The fourth-order valence-electron chi connectivity index (χ4n) is 5.33. The zero-order valence-electron chi connectivity index (χ0n) is 16.9. The molecule has 27 heavy (non-hydrogen) atoms. The Balaban J connectivity index is 2.00. The number of hydrogen-bond acceptors (Lipinski definition) is 1. The third-order valence-electron chi connectivity index (χ3n) is 6.82. The Morgan fingerprint density at radius 1 is 1.07 bits per heavy atom. The average Bonchev–Trinajstić information content (AvgIpc) is 2.92. The molecule has 1 aromatic carbocycles. The number of fused-ring (bicyclic) bond motifs is 1. The summed E-state index contributed by atoms with van der Waals surface area (Å²) in [6.45, 7) is 10.4. The Morgan fingerprint density at radius 2 is 1.74 bits per heavy atom. The van der Waals surface area contributed by atoms with Crippen LogP contribution in [0.3, 0.4) is 0 Å². The molecule has 0 saturated carbocycles. The maximum absolute atomic E-state index is 12.5. The summed E-state index contributed by atoms with van der Waals surface area (Å²) in [7, 11) is 0. The van der Waals surface area contributed by atoms with Gasteiger partial charge < -0.3 is 5.11 Å². The van der Waals surface area contributed by atoms with Crippen LogP contribution < -0.4 is 0 Å². The largest absolute Gasteiger partial charge is 0.481 e. The van der Waals surface area contributed by atoms with Gasteiger partial charge in [-0.05, 0) is 38.2 Å². The molecule has 0 spiro atoms. The van der Waals surface area contributed by atoms with Crippen molar-refractivity contribution in [2.75, 3.05) is 0 Å². The van der Waals surface area contributed by atoms with Crippen LogP contribution in [0.4, 0.5) is 0 Å². The van der Waals surface area contributed by atoms with Crippen LogP contribution in [0.2, 0.25) is 0 Å². The molecule has 1 N–H and O–H groups in total. The van der Waals surface area contributed by atoms with Crippen LogP contribution in [0, 0.1) is 28.6 Å². The second-order valence-corrected chi connectivity index (χ2v) is 8.58. The minimum absolute atomic E-state index is 0.0303. The highest BCUT2D eigenvalue weighted by molar-refractivity contribution is 5.78. The summed E-state index contributed by atoms with van der Waals surface area (Å²) < 4.78 is 0. The summed E-state index contributed by atoms with van der Waals surface area (Å²) in [5, 5.41) is 10.3. The molecule has 142 valence electrons. The highest BCUT2D eigenvalue weighted by Gasteiger charge is 2.60. The third kappa shape index (κ3) is 3.12. The van der Waals surface area contributed by atoms with Gasteiger partial charge in [0.05, 0.1) is 5.41 Å². The Labute approximate surface area is 163 Å². The molecule has 5 atom stereocenters. The molecule has 0 fully saturated rings. The van der Waals surface area contributed by atoms with E-state index in [2.05, 4.69) is 58.1 Å². The SMILES string of the molecule is CC1=C[C@](C)(/C=C/C=C/c2ccccc2)[C@](C)(C(=O)O)[C@H]2C(C)=C[C@@H](C)[C@H]12. The van der Waals surface area contributed by atoms with Gasteiger partial charge in [0.25, 0.3) is 0 Å². The van der Waals surface area contributed by atoms with Gasteiger partial charge in [-0.1, -0.05) is 91.8 Å². The Hall–Kier alpha value is -2.35. The van der Waals surface area contributed by atoms with E-state index < -0.39 is 16.8 Å². The van der Waals surface area contributed by atoms with Crippen molar-refractivity contribution in [3.63, 3.8) is 0 Å². The van der Waals surface area contributed by atoms with E-state index in [1.807, 2.05) is 43.4 Å². The molecule has 0 aromatic heterocycles. The van der Waals surface area contributed by atoms with Gasteiger partial charge in [0.15, 0.2) is 0 Å². The van der Waals surface area contributed by atoms with Crippen molar-refractivity contribution in [2.45, 2.75) is 34.6 Å². The van der Waals surface area contributed by atoms with Gasteiger partial charge in [-0.15, -0.1) is 0 Å². The quantitative estimate of drug-likeness (QED) is 0.516. The first-order valence-electron chi connectivity index (χ1n) is 9.73. The number of carbonyl (C=O) groups is 1. The standard InChI is InChI=1S/C25H30O2/c1-17-15-18(2)22-21(17)19(3)16-24(4,25(22,5)23(26)27)14-10-9-13-20-11-7-6-8-12-20/h6-17,21-22H,1-5H3,(H,26,27)/b13-9+,14-10+/t17-,21-,22+,24+,25+/m1/s1. The molecule has 2 heteroatoms. The van der Waals surface area contributed by atoms with Crippen molar-refractivity contribution >= 4 is 12.0 Å². The van der Waals surface area contributed by atoms with Crippen molar-refractivity contribution in [1.82, 2.24) is 0 Å². The summed E-state index contributed by atoms with van der Waals surface area (Å²) in [4.78, 5) is 12.5. The number of hydrogen-bond donors (Lipinski definition) is 1. The molecule has 0 radical (unpaired) electrons. The molecular formula is C25H30O2. The fourth-order valence-corrected chi connectivity index (χ4v) is 5.33. The number of aliphatic carboxylic acids is 1. The lowest BCUT2D eigenvalue weighted by Crippen LogP contribution is -2.52. The van der Waals surface area contributed by atoms with Crippen molar-refractivity contribution in [1.29, 1.82) is 0 Å². The monoisotopic (exact) mass is 362 g/mol. The Kier molecular flexibility index (Phi) is 5.03. The van der Waals surface area contributed by atoms with Gasteiger partial charge in [-0.25, -0.2) is 0 Å². The normalized spacial score (nSPS) is 36.0. The lowest BCUT2D eigenvalue weighted by atomic mass is 9.50. The van der Waals surface area contributed by atoms with Crippen LogP contribution in [0.5, 0.6) is 0 Å². The first-order chi connectivity index (χ1) is 12.7. The molecule has 0 aliphatic heterocycles. The topological polar surface area (TPSA) is 37.3 Å². The maximum atomic E-state index is 12.5. The molecule has 3 rings (SSSR count). The molecule has 2 nitrogen and oxygen atoms in total. The Bertz CT molecular complexity index is 842. The second kappa shape index (κ2) is 6.99. The van der Waals surface area contributed by atoms with Crippen molar-refractivity contribution in [3.05, 3.63) is 77.4 Å². The van der Waals surface area contributed by atoms with Gasteiger partial charge in [0, 0.05) is 11.3 Å². The van der Waals surface area contributed by atoms with Gasteiger partial charge in [0.2, 0.25) is 0 Å². The van der Waals surface area contributed by atoms with E-state index >= 15 is 0 Å². The fraction of sp³-hybridized carbons (Fsp3) is 0.400. The van der Waals surface area contributed by atoms with Crippen LogP contribution in [0.15, 0.2) is 71.9 Å². The van der Waals surface area contributed by atoms with Crippen molar-refractivity contribution < 1.29 is 9.90 Å². The predicted molar refractivity (Wildman–Crippen MR) is 112 cm³/mol. The van der Waals surface area contributed by atoms with E-state index in [0.29, 0.717) is 5.92 Å². The summed E-state index contributed by atoms with van der Waals surface area (Å²) in [6, 6.07) is 10.1. The van der Waals surface area contributed by atoms with E-state index in [0.717, 1.165) is 5.56 Å². The molecule has 0 bridgehead atoms. The lowest BCUT2D eigenvalue weighted by molar-refractivity contribution is -0.158. The highest BCUT2D eigenvalue weighted by Crippen LogP contribution is 2.61. The average molecular weight is 363 g/mol. The summed E-state index contributed by atoms with van der Waals surface area (Å²) in [6.07, 6.45) is 12.6. The van der Waals surface area contributed by atoms with Gasteiger partial charge in [0.1, 0.15) is 0 Å². The van der Waals surface area contributed by atoms with Crippen LogP contribution in [0.25, 0.3) is 6.08 Å². The zero-order valence-corrected chi connectivity index (χ0v) is 16.9. The molecule has 0 saturated heterocycles. The smallest absolute Gasteiger partial charge is 0.311 e. The number of benzene rings is 1. The molecular weight excluding hydrogens is 332 g/mol. The lowest BCUT2D eigenvalue weighted by Gasteiger charge is -2.51. The van der Waals surface area contributed by atoms with Gasteiger partial charge in [-0.3, -0.25) is 4.79 Å². The van der Waals surface area contributed by atoms with Crippen molar-refractivity contribution in [3.8, 4) is 0 Å².